The molecule has 100 valence electrons. The number of aliphatic hydroxyl groups is 5. The van der Waals surface area contributed by atoms with Crippen molar-refractivity contribution in [3.63, 3.8) is 0 Å². The molecule has 8 heteroatoms. The van der Waals surface area contributed by atoms with Crippen LogP contribution in [0.25, 0.3) is 0 Å². The molecule has 0 fully saturated rings. The third-order valence-electron chi connectivity index (χ3n) is 2.20. The maximum Gasteiger partial charge on any atom is 0.224 e. The Labute approximate surface area is 97.5 Å². The molecule has 0 rings (SSSR count). The molecule has 0 saturated carbocycles. The summed E-state index contributed by atoms with van der Waals surface area (Å²) < 4.78 is 0. The Morgan fingerprint density at radius 3 is 2.29 bits per heavy atom. The van der Waals surface area contributed by atoms with E-state index in [9.17, 15) is 24.9 Å². The van der Waals surface area contributed by atoms with E-state index in [-0.39, 0.29) is 12.7 Å². The van der Waals surface area contributed by atoms with Crippen molar-refractivity contribution in [2.24, 2.45) is 0 Å². The summed E-state index contributed by atoms with van der Waals surface area (Å²) in [7, 11) is 0. The number of carbonyl (C=O) groups is 2. The predicted molar refractivity (Wildman–Crippen MR) is 54.6 cm³/mol. The molecule has 0 aliphatic carbocycles. The van der Waals surface area contributed by atoms with Crippen molar-refractivity contribution in [1.82, 2.24) is 5.32 Å². The minimum absolute atomic E-state index is 0.0540. The Bertz CT molecular complexity index is 272. The van der Waals surface area contributed by atoms with E-state index in [4.69, 9.17) is 10.2 Å². The SMILES string of the molecule is CCC(=O)N[C@@](O)(C=O)[C@@H](O)[C@H](O)[C@H](O)CO. The van der Waals surface area contributed by atoms with Crippen LogP contribution in [0.3, 0.4) is 0 Å². The molecular weight excluding hydrogens is 234 g/mol. The van der Waals surface area contributed by atoms with Crippen LogP contribution in [0.4, 0.5) is 0 Å². The topological polar surface area (TPSA) is 147 Å². The fraction of sp³-hybridized carbons (Fsp3) is 0.778. The van der Waals surface area contributed by atoms with E-state index in [1.54, 1.807) is 5.32 Å². The Hall–Kier alpha value is -1.06. The zero-order chi connectivity index (χ0) is 13.6. The number of aldehydes is 1. The van der Waals surface area contributed by atoms with E-state index in [1.807, 2.05) is 0 Å². The Morgan fingerprint density at radius 1 is 1.41 bits per heavy atom. The highest BCUT2D eigenvalue weighted by Gasteiger charge is 2.43. The molecular formula is C9H17NO7. The van der Waals surface area contributed by atoms with Crippen molar-refractivity contribution < 1.29 is 35.1 Å². The summed E-state index contributed by atoms with van der Waals surface area (Å²) >= 11 is 0. The number of hydrogen-bond acceptors (Lipinski definition) is 7. The van der Waals surface area contributed by atoms with Crippen molar-refractivity contribution >= 4 is 12.2 Å². The zero-order valence-corrected chi connectivity index (χ0v) is 9.28. The Morgan fingerprint density at radius 2 is 1.94 bits per heavy atom. The summed E-state index contributed by atoms with van der Waals surface area (Å²) in [5.74, 6) is -0.732. The quantitative estimate of drug-likeness (QED) is 0.203. The second-order valence-electron chi connectivity index (χ2n) is 3.53. The summed E-state index contributed by atoms with van der Waals surface area (Å²) in [4.78, 5) is 21.7. The van der Waals surface area contributed by atoms with Gasteiger partial charge in [0.15, 0.2) is 6.29 Å². The molecule has 17 heavy (non-hydrogen) atoms. The maximum absolute atomic E-state index is 11.0. The molecule has 0 bridgehead atoms. The standard InChI is InChI=1S/C9H17NO7/c1-2-6(14)10-9(17,4-12)8(16)7(15)5(13)3-11/h4-5,7-8,11,13,15-17H,2-3H2,1H3,(H,10,14)/t5-,7-,8+,9-/m1/s1. The summed E-state index contributed by atoms with van der Waals surface area (Å²) in [6.45, 7) is 0.570. The van der Waals surface area contributed by atoms with Gasteiger partial charge in [-0.1, -0.05) is 6.92 Å². The molecule has 0 aliphatic heterocycles. The molecule has 6 N–H and O–H groups in total. The van der Waals surface area contributed by atoms with Crippen molar-refractivity contribution in [2.45, 2.75) is 37.4 Å². The zero-order valence-electron chi connectivity index (χ0n) is 9.28. The number of nitrogens with one attached hydrogen (secondary N) is 1. The van der Waals surface area contributed by atoms with Crippen molar-refractivity contribution in [2.75, 3.05) is 6.61 Å². The lowest BCUT2D eigenvalue weighted by molar-refractivity contribution is -0.176. The average Bonchev–Trinajstić information content (AvgIpc) is 2.35. The molecule has 0 radical (unpaired) electrons. The molecule has 0 unspecified atom stereocenters. The highest BCUT2D eigenvalue weighted by molar-refractivity contribution is 5.80. The lowest BCUT2D eigenvalue weighted by Gasteiger charge is -2.32. The molecule has 0 saturated heterocycles. The van der Waals surface area contributed by atoms with Gasteiger partial charge in [-0.25, -0.2) is 0 Å². The summed E-state index contributed by atoms with van der Waals surface area (Å²) in [5.41, 5.74) is -2.72. The highest BCUT2D eigenvalue weighted by atomic mass is 16.4. The van der Waals surface area contributed by atoms with Crippen molar-refractivity contribution in [3.05, 3.63) is 0 Å². The number of rotatable bonds is 7. The van der Waals surface area contributed by atoms with E-state index < -0.39 is 36.6 Å². The van der Waals surface area contributed by atoms with E-state index in [2.05, 4.69) is 0 Å². The first-order valence-corrected chi connectivity index (χ1v) is 4.97. The normalized spacial score (nSPS) is 19.9. The van der Waals surface area contributed by atoms with Gasteiger partial charge in [0.2, 0.25) is 11.6 Å². The van der Waals surface area contributed by atoms with Gasteiger partial charge in [0.1, 0.15) is 18.3 Å². The van der Waals surface area contributed by atoms with E-state index in [0.29, 0.717) is 0 Å². The van der Waals surface area contributed by atoms with Crippen LogP contribution >= 0.6 is 0 Å². The van der Waals surface area contributed by atoms with Crippen LogP contribution in [0, 0.1) is 0 Å². The first-order chi connectivity index (χ1) is 7.82. The van der Waals surface area contributed by atoms with Gasteiger partial charge in [-0.05, 0) is 0 Å². The van der Waals surface area contributed by atoms with Crippen LogP contribution in [-0.2, 0) is 9.59 Å². The third kappa shape index (κ3) is 4.02. The van der Waals surface area contributed by atoms with Crippen LogP contribution in [-0.4, -0.2) is 68.4 Å². The Balaban J connectivity index is 4.84. The number of carbonyl (C=O) groups excluding carboxylic acids is 2. The number of amides is 1. The lowest BCUT2D eigenvalue weighted by Crippen LogP contribution is -2.63. The minimum Gasteiger partial charge on any atom is -0.394 e. The monoisotopic (exact) mass is 251 g/mol. The second-order valence-corrected chi connectivity index (χ2v) is 3.53. The molecule has 4 atom stereocenters. The summed E-state index contributed by atoms with van der Waals surface area (Å²) in [6, 6.07) is 0. The van der Waals surface area contributed by atoms with Gasteiger partial charge in [-0.15, -0.1) is 0 Å². The molecule has 0 aromatic carbocycles. The molecule has 1 amide bonds. The fourth-order valence-electron chi connectivity index (χ4n) is 1.06. The average molecular weight is 251 g/mol. The van der Waals surface area contributed by atoms with Crippen LogP contribution < -0.4 is 5.32 Å². The van der Waals surface area contributed by atoms with Gasteiger partial charge >= 0.3 is 0 Å². The van der Waals surface area contributed by atoms with Crippen LogP contribution in [0.15, 0.2) is 0 Å². The first kappa shape index (κ1) is 15.9. The summed E-state index contributed by atoms with van der Waals surface area (Å²) in [6.07, 6.45) is -6.14. The smallest absolute Gasteiger partial charge is 0.224 e. The van der Waals surface area contributed by atoms with Gasteiger partial charge in [-0.2, -0.15) is 0 Å². The van der Waals surface area contributed by atoms with E-state index in [1.165, 1.54) is 6.92 Å². The molecule has 8 nitrogen and oxygen atoms in total. The molecule has 0 heterocycles. The largest absolute Gasteiger partial charge is 0.394 e. The maximum atomic E-state index is 11.0. The second kappa shape index (κ2) is 6.62. The van der Waals surface area contributed by atoms with Gasteiger partial charge in [-0.3, -0.25) is 9.59 Å². The van der Waals surface area contributed by atoms with E-state index >= 15 is 0 Å². The van der Waals surface area contributed by atoms with Gasteiger partial charge < -0.3 is 30.8 Å². The Kier molecular flexibility index (Phi) is 6.21. The summed E-state index contributed by atoms with van der Waals surface area (Å²) in [5, 5.41) is 47.8. The molecule has 0 aromatic heterocycles. The van der Waals surface area contributed by atoms with Crippen molar-refractivity contribution in [1.29, 1.82) is 0 Å². The van der Waals surface area contributed by atoms with E-state index in [0.717, 1.165) is 0 Å². The molecule has 0 aromatic rings. The molecule has 0 spiro atoms. The number of aliphatic hydroxyl groups excluding tert-OH is 4. The van der Waals surface area contributed by atoms with Gasteiger partial charge in [0, 0.05) is 6.42 Å². The van der Waals surface area contributed by atoms with Gasteiger partial charge in [0.05, 0.1) is 6.61 Å². The third-order valence-corrected chi connectivity index (χ3v) is 2.20. The molecule has 0 aliphatic rings. The predicted octanol–water partition coefficient (Wildman–Crippen LogP) is -3.52. The number of hydrogen-bond donors (Lipinski definition) is 6. The lowest BCUT2D eigenvalue weighted by atomic mass is 9.98. The van der Waals surface area contributed by atoms with Gasteiger partial charge in [0.25, 0.3) is 0 Å². The minimum atomic E-state index is -2.72. The van der Waals surface area contributed by atoms with Crippen LogP contribution in [0.1, 0.15) is 13.3 Å². The van der Waals surface area contributed by atoms with Crippen LogP contribution in [0.5, 0.6) is 0 Å². The van der Waals surface area contributed by atoms with Crippen molar-refractivity contribution in [3.8, 4) is 0 Å². The highest BCUT2D eigenvalue weighted by Crippen LogP contribution is 2.12. The van der Waals surface area contributed by atoms with Crippen LogP contribution in [0.2, 0.25) is 0 Å². The fourth-order valence-corrected chi connectivity index (χ4v) is 1.06. The first-order valence-electron chi connectivity index (χ1n) is 4.97.